The summed E-state index contributed by atoms with van der Waals surface area (Å²) in [6, 6.07) is 5.24. The zero-order valence-electron chi connectivity index (χ0n) is 10.7. The fourth-order valence-corrected chi connectivity index (χ4v) is 2.77. The van der Waals surface area contributed by atoms with Crippen molar-refractivity contribution in [1.82, 2.24) is 5.32 Å². The van der Waals surface area contributed by atoms with E-state index < -0.39 is 0 Å². The molecule has 1 aromatic carbocycles. The van der Waals surface area contributed by atoms with Crippen molar-refractivity contribution in [2.75, 3.05) is 6.61 Å². The average molecular weight is 302 g/mol. The van der Waals surface area contributed by atoms with Gasteiger partial charge >= 0.3 is 0 Å². The number of nitrogens with one attached hydrogen (secondary N) is 1. The van der Waals surface area contributed by atoms with Gasteiger partial charge in [0.1, 0.15) is 0 Å². The quantitative estimate of drug-likeness (QED) is 0.878. The third kappa shape index (κ3) is 3.62. The molecule has 0 aromatic heterocycles. The monoisotopic (exact) mass is 301 g/mol. The predicted molar refractivity (Wildman–Crippen MR) is 76.6 cm³/mol. The highest BCUT2D eigenvalue weighted by molar-refractivity contribution is 6.34. The molecule has 3 nitrogen and oxygen atoms in total. The lowest BCUT2D eigenvalue weighted by molar-refractivity contribution is -0.123. The van der Waals surface area contributed by atoms with E-state index in [0.717, 1.165) is 18.4 Å². The van der Waals surface area contributed by atoms with E-state index in [1.807, 2.05) is 19.1 Å². The Hall–Kier alpha value is -0.770. The molecular weight excluding hydrogens is 285 g/mol. The van der Waals surface area contributed by atoms with Crippen molar-refractivity contribution in [3.05, 3.63) is 33.8 Å². The van der Waals surface area contributed by atoms with Gasteiger partial charge in [0, 0.05) is 16.0 Å². The number of aliphatic hydroxyl groups is 1. The molecule has 0 spiro atoms. The Balaban J connectivity index is 1.98. The number of rotatable bonds is 5. The van der Waals surface area contributed by atoms with Crippen LogP contribution in [0.4, 0.5) is 0 Å². The molecule has 3 atom stereocenters. The molecule has 1 aromatic rings. The van der Waals surface area contributed by atoms with Crippen LogP contribution in [-0.4, -0.2) is 23.7 Å². The molecule has 0 radical (unpaired) electrons. The molecule has 0 saturated heterocycles. The molecule has 2 N–H and O–H groups in total. The van der Waals surface area contributed by atoms with Gasteiger partial charge in [0.2, 0.25) is 5.91 Å². The van der Waals surface area contributed by atoms with E-state index >= 15 is 0 Å². The molecule has 1 aliphatic carbocycles. The molecular formula is C14H17Cl2NO2. The van der Waals surface area contributed by atoms with Crippen LogP contribution in [-0.2, 0) is 4.79 Å². The first-order chi connectivity index (χ1) is 9.05. The van der Waals surface area contributed by atoms with Gasteiger partial charge in [-0.25, -0.2) is 0 Å². The summed E-state index contributed by atoms with van der Waals surface area (Å²) < 4.78 is 0. The predicted octanol–water partition coefficient (Wildman–Crippen LogP) is 2.98. The standard InChI is InChI=1S/C14H17Cl2NO2/c1-2-11(7-18)17-14(19)13-6-12(13)8-3-9(15)5-10(16)4-8/h3-5,11-13,18H,2,6-7H2,1H3,(H,17,19). The number of hydrogen-bond donors (Lipinski definition) is 2. The van der Waals surface area contributed by atoms with Crippen molar-refractivity contribution in [1.29, 1.82) is 0 Å². The summed E-state index contributed by atoms with van der Waals surface area (Å²) in [5.41, 5.74) is 1.01. The van der Waals surface area contributed by atoms with E-state index in [9.17, 15) is 4.79 Å². The molecule has 1 saturated carbocycles. The summed E-state index contributed by atoms with van der Waals surface area (Å²) in [6.07, 6.45) is 1.53. The smallest absolute Gasteiger partial charge is 0.224 e. The van der Waals surface area contributed by atoms with Gasteiger partial charge in [-0.2, -0.15) is 0 Å². The molecule has 1 amide bonds. The van der Waals surface area contributed by atoms with E-state index in [1.165, 1.54) is 0 Å². The number of aliphatic hydroxyl groups excluding tert-OH is 1. The topological polar surface area (TPSA) is 49.3 Å². The van der Waals surface area contributed by atoms with Crippen LogP contribution < -0.4 is 5.32 Å². The van der Waals surface area contributed by atoms with Crippen molar-refractivity contribution in [3.63, 3.8) is 0 Å². The Kier molecular flexibility index (Phi) is 4.71. The van der Waals surface area contributed by atoms with Crippen LogP contribution in [0.3, 0.4) is 0 Å². The molecule has 0 aliphatic heterocycles. The van der Waals surface area contributed by atoms with Gasteiger partial charge in [-0.1, -0.05) is 30.1 Å². The molecule has 2 rings (SSSR count). The number of hydrogen-bond acceptors (Lipinski definition) is 2. The Labute approximate surface area is 122 Å². The van der Waals surface area contributed by atoms with Gasteiger partial charge in [-0.3, -0.25) is 4.79 Å². The van der Waals surface area contributed by atoms with Gasteiger partial charge in [0.05, 0.1) is 12.6 Å². The van der Waals surface area contributed by atoms with Gasteiger partial charge in [0.15, 0.2) is 0 Å². The number of amides is 1. The minimum absolute atomic E-state index is 0.00185. The number of carbonyl (C=O) groups excluding carboxylic acids is 1. The van der Waals surface area contributed by atoms with Crippen LogP contribution in [0.1, 0.15) is 31.2 Å². The Morgan fingerprint density at radius 2 is 2.05 bits per heavy atom. The van der Waals surface area contributed by atoms with Crippen LogP contribution >= 0.6 is 23.2 Å². The minimum Gasteiger partial charge on any atom is -0.394 e. The van der Waals surface area contributed by atoms with Crippen LogP contribution in [0, 0.1) is 5.92 Å². The lowest BCUT2D eigenvalue weighted by atomic mass is 10.1. The summed E-state index contributed by atoms with van der Waals surface area (Å²) in [5, 5.41) is 13.1. The molecule has 0 bridgehead atoms. The van der Waals surface area contributed by atoms with Crippen molar-refractivity contribution < 1.29 is 9.90 Å². The third-order valence-electron chi connectivity index (χ3n) is 3.50. The maximum Gasteiger partial charge on any atom is 0.224 e. The summed E-state index contributed by atoms with van der Waals surface area (Å²) in [5.74, 6) is 0.157. The van der Waals surface area contributed by atoms with Crippen molar-refractivity contribution in [2.45, 2.75) is 31.7 Å². The lowest BCUT2D eigenvalue weighted by Crippen LogP contribution is -2.38. The van der Waals surface area contributed by atoms with Crippen molar-refractivity contribution in [3.8, 4) is 0 Å². The van der Waals surface area contributed by atoms with Gasteiger partial charge in [0.25, 0.3) is 0 Å². The lowest BCUT2D eigenvalue weighted by Gasteiger charge is -2.13. The first-order valence-electron chi connectivity index (χ1n) is 6.42. The highest BCUT2D eigenvalue weighted by Crippen LogP contribution is 2.48. The molecule has 1 aliphatic rings. The van der Waals surface area contributed by atoms with Crippen molar-refractivity contribution >= 4 is 29.1 Å². The van der Waals surface area contributed by atoms with Crippen molar-refractivity contribution in [2.24, 2.45) is 5.92 Å². The van der Waals surface area contributed by atoms with Crippen LogP contribution in [0.25, 0.3) is 0 Å². The summed E-state index contributed by atoms with van der Waals surface area (Å²) in [6.45, 7) is 1.91. The highest BCUT2D eigenvalue weighted by Gasteiger charge is 2.44. The highest BCUT2D eigenvalue weighted by atomic mass is 35.5. The van der Waals surface area contributed by atoms with E-state index in [2.05, 4.69) is 5.32 Å². The maximum absolute atomic E-state index is 12.0. The summed E-state index contributed by atoms with van der Waals surface area (Å²) >= 11 is 11.9. The zero-order valence-corrected chi connectivity index (χ0v) is 12.2. The summed E-state index contributed by atoms with van der Waals surface area (Å²) in [4.78, 5) is 12.0. The molecule has 1 fully saturated rings. The van der Waals surface area contributed by atoms with Crippen LogP contribution in [0.2, 0.25) is 10.0 Å². The Morgan fingerprint density at radius 1 is 1.42 bits per heavy atom. The number of halogens is 2. The molecule has 5 heteroatoms. The second-order valence-electron chi connectivity index (χ2n) is 4.95. The molecule has 3 unspecified atom stereocenters. The minimum atomic E-state index is -0.156. The second-order valence-corrected chi connectivity index (χ2v) is 5.82. The fourth-order valence-electron chi connectivity index (χ4n) is 2.23. The first kappa shape index (κ1) is 14.6. The number of benzene rings is 1. The van der Waals surface area contributed by atoms with E-state index in [4.69, 9.17) is 28.3 Å². The molecule has 0 heterocycles. The molecule has 19 heavy (non-hydrogen) atoms. The Morgan fingerprint density at radius 3 is 2.58 bits per heavy atom. The largest absolute Gasteiger partial charge is 0.394 e. The zero-order chi connectivity index (χ0) is 14.0. The van der Waals surface area contributed by atoms with Crippen LogP contribution in [0.5, 0.6) is 0 Å². The molecule has 104 valence electrons. The van der Waals surface area contributed by atoms with E-state index in [-0.39, 0.29) is 30.4 Å². The van der Waals surface area contributed by atoms with Gasteiger partial charge in [-0.15, -0.1) is 0 Å². The number of carbonyl (C=O) groups is 1. The van der Waals surface area contributed by atoms with Gasteiger partial charge < -0.3 is 10.4 Å². The third-order valence-corrected chi connectivity index (χ3v) is 3.94. The second kappa shape index (κ2) is 6.12. The first-order valence-corrected chi connectivity index (χ1v) is 7.18. The SMILES string of the molecule is CCC(CO)NC(=O)C1CC1c1cc(Cl)cc(Cl)c1. The van der Waals surface area contributed by atoms with Gasteiger partial charge in [-0.05, 0) is 42.5 Å². The maximum atomic E-state index is 12.0. The summed E-state index contributed by atoms with van der Waals surface area (Å²) in [7, 11) is 0. The van der Waals surface area contributed by atoms with E-state index in [0.29, 0.717) is 10.0 Å². The van der Waals surface area contributed by atoms with Crippen LogP contribution in [0.15, 0.2) is 18.2 Å². The Bertz CT molecular complexity index is 454. The van der Waals surface area contributed by atoms with E-state index in [1.54, 1.807) is 6.07 Å². The normalized spacial score (nSPS) is 22.9. The average Bonchev–Trinajstić information content (AvgIpc) is 3.14. The fraction of sp³-hybridized carbons (Fsp3) is 0.500.